The molecule has 0 bridgehead atoms. The van der Waals surface area contributed by atoms with E-state index in [1.165, 1.54) is 11.3 Å². The van der Waals surface area contributed by atoms with Gasteiger partial charge < -0.3 is 25.7 Å². The Morgan fingerprint density at radius 2 is 1.71 bits per heavy atom. The molecule has 0 radical (unpaired) electrons. The summed E-state index contributed by atoms with van der Waals surface area (Å²) in [6.07, 6.45) is 8.73. The van der Waals surface area contributed by atoms with Crippen LogP contribution in [0.2, 0.25) is 5.02 Å². The molecule has 4 amide bonds. The Bertz CT molecular complexity index is 1410. The van der Waals surface area contributed by atoms with E-state index in [2.05, 4.69) is 21.1 Å². The largest absolute Gasteiger partial charge is 0.387 e. The lowest BCUT2D eigenvalue weighted by atomic mass is 9.84. The van der Waals surface area contributed by atoms with Crippen molar-refractivity contribution in [1.82, 2.24) is 20.9 Å². The molecule has 1 spiro atoms. The predicted octanol–water partition coefficient (Wildman–Crippen LogP) is 4.44. The number of likely N-dealkylation sites (tertiary alicyclic amines) is 1. The van der Waals surface area contributed by atoms with Gasteiger partial charge in [0.1, 0.15) is 12.1 Å². The highest BCUT2D eigenvalue weighted by molar-refractivity contribution is 6.38. The standard InChI is InChI=1S/C36H50ClN5O6/c1-5-9-26(30(44)33(46)38-25-16-17-25)39-32(45)28-20-36(19-27(41-48-36)23-12-14-24(37)15-13-23)21-42(28)34(47)31(35(2,3)4)40-29(43)18-22-10-7-6-8-11-22/h12-15,22,25-26,28,31H,5-11,16-21H2,1-4H3,(H,38,46)(H,39,45)(H,40,43)/t26-,28-,31+,36+/m0/s1. The van der Waals surface area contributed by atoms with Crippen molar-refractivity contribution < 1.29 is 28.8 Å². The molecule has 2 saturated carbocycles. The summed E-state index contributed by atoms with van der Waals surface area (Å²) in [7, 11) is 0. The van der Waals surface area contributed by atoms with Crippen molar-refractivity contribution in [2.45, 2.75) is 135 Å². The number of halogens is 1. The number of ketones is 1. The third-order valence-corrected chi connectivity index (χ3v) is 10.2. The lowest BCUT2D eigenvalue weighted by Crippen LogP contribution is -2.59. The van der Waals surface area contributed by atoms with Gasteiger partial charge in [-0.2, -0.15) is 0 Å². The number of Topliss-reactive ketones (excluding diaryl/α,β-unsaturated/α-hetero) is 1. The highest BCUT2D eigenvalue weighted by Gasteiger charge is 2.55. The minimum atomic E-state index is -1.03. The van der Waals surface area contributed by atoms with Crippen LogP contribution in [0.15, 0.2) is 29.4 Å². The molecule has 3 N–H and O–H groups in total. The van der Waals surface area contributed by atoms with Gasteiger partial charge in [0.05, 0.1) is 18.3 Å². The smallest absolute Gasteiger partial charge is 0.289 e. The molecule has 5 rings (SSSR count). The van der Waals surface area contributed by atoms with E-state index in [-0.39, 0.29) is 31.3 Å². The molecule has 1 saturated heterocycles. The van der Waals surface area contributed by atoms with Gasteiger partial charge in [0.2, 0.25) is 23.5 Å². The number of amides is 4. The second kappa shape index (κ2) is 15.0. The van der Waals surface area contributed by atoms with Crippen LogP contribution in [0.3, 0.4) is 0 Å². The fourth-order valence-corrected chi connectivity index (χ4v) is 7.21. The summed E-state index contributed by atoms with van der Waals surface area (Å²) in [4.78, 5) is 75.3. The van der Waals surface area contributed by atoms with Crippen molar-refractivity contribution in [3.05, 3.63) is 34.9 Å². The Morgan fingerprint density at radius 3 is 2.33 bits per heavy atom. The average Bonchev–Trinajstić information content (AvgIpc) is 3.64. The summed E-state index contributed by atoms with van der Waals surface area (Å²) in [5.41, 5.74) is -0.169. The lowest BCUT2D eigenvalue weighted by molar-refractivity contribution is -0.145. The first kappa shape index (κ1) is 35.8. The number of hydrogen-bond acceptors (Lipinski definition) is 7. The van der Waals surface area contributed by atoms with E-state index in [0.717, 1.165) is 44.1 Å². The molecule has 1 aromatic carbocycles. The van der Waals surface area contributed by atoms with E-state index in [1.54, 1.807) is 12.1 Å². The fourth-order valence-electron chi connectivity index (χ4n) is 7.08. The first-order valence-corrected chi connectivity index (χ1v) is 17.9. The SMILES string of the molecule is CCC[C@H](NC(=O)[C@@H]1C[C@]2(CC(c3ccc(Cl)cc3)=NO2)CN1C(=O)[C@@H](NC(=O)CC1CCCCC1)C(C)(C)C)C(=O)C(=O)NC1CC1. The maximum atomic E-state index is 14.5. The molecule has 12 heteroatoms. The normalized spacial score (nSPS) is 24.0. The Hall–Kier alpha value is -3.47. The van der Waals surface area contributed by atoms with Gasteiger partial charge in [0.25, 0.3) is 5.91 Å². The van der Waals surface area contributed by atoms with Gasteiger partial charge in [0, 0.05) is 30.3 Å². The molecule has 11 nitrogen and oxygen atoms in total. The summed E-state index contributed by atoms with van der Waals surface area (Å²) in [6.45, 7) is 7.60. The van der Waals surface area contributed by atoms with Crippen LogP contribution >= 0.6 is 11.6 Å². The fraction of sp³-hybridized carbons (Fsp3) is 0.667. The number of hydrogen-bond donors (Lipinski definition) is 3. The van der Waals surface area contributed by atoms with Crippen LogP contribution in [0.1, 0.15) is 110 Å². The quantitative estimate of drug-likeness (QED) is 0.278. The number of carbonyl (C=O) groups excluding carboxylic acids is 5. The molecule has 4 aliphatic rings. The number of nitrogens with one attached hydrogen (secondary N) is 3. The molecule has 4 atom stereocenters. The molecular formula is C36H50ClN5O6. The van der Waals surface area contributed by atoms with Gasteiger partial charge in [-0.15, -0.1) is 0 Å². The molecule has 2 aliphatic carbocycles. The van der Waals surface area contributed by atoms with Gasteiger partial charge in [-0.3, -0.25) is 24.0 Å². The van der Waals surface area contributed by atoms with Crippen molar-refractivity contribution >= 4 is 46.7 Å². The van der Waals surface area contributed by atoms with E-state index in [0.29, 0.717) is 35.9 Å². The second-order valence-corrected chi connectivity index (χ2v) is 15.7. The van der Waals surface area contributed by atoms with Crippen LogP contribution in [0.4, 0.5) is 0 Å². The minimum Gasteiger partial charge on any atom is -0.387 e. The maximum Gasteiger partial charge on any atom is 0.289 e. The average molecular weight is 684 g/mol. The molecule has 262 valence electrons. The van der Waals surface area contributed by atoms with Gasteiger partial charge in [0.15, 0.2) is 5.60 Å². The number of rotatable bonds is 12. The van der Waals surface area contributed by atoms with Crippen LogP contribution in [0.5, 0.6) is 0 Å². The summed E-state index contributed by atoms with van der Waals surface area (Å²) < 4.78 is 0. The molecule has 2 heterocycles. The van der Waals surface area contributed by atoms with E-state index in [4.69, 9.17) is 16.4 Å². The van der Waals surface area contributed by atoms with Crippen molar-refractivity contribution in [2.24, 2.45) is 16.5 Å². The highest BCUT2D eigenvalue weighted by Crippen LogP contribution is 2.40. The van der Waals surface area contributed by atoms with Crippen LogP contribution < -0.4 is 16.0 Å². The summed E-state index contributed by atoms with van der Waals surface area (Å²) in [5.74, 6) is -2.23. The second-order valence-electron chi connectivity index (χ2n) is 15.2. The van der Waals surface area contributed by atoms with Crippen LogP contribution in [0.25, 0.3) is 0 Å². The Labute approximate surface area is 288 Å². The Morgan fingerprint density at radius 1 is 1.02 bits per heavy atom. The van der Waals surface area contributed by atoms with Crippen molar-refractivity contribution in [1.29, 1.82) is 0 Å². The van der Waals surface area contributed by atoms with Crippen LogP contribution in [0, 0.1) is 11.3 Å². The molecule has 0 unspecified atom stereocenters. The monoisotopic (exact) mass is 683 g/mol. The summed E-state index contributed by atoms with van der Waals surface area (Å²) in [6, 6.07) is 4.25. The third kappa shape index (κ3) is 8.76. The number of oxime groups is 1. The topological polar surface area (TPSA) is 146 Å². The Balaban J connectivity index is 1.38. The van der Waals surface area contributed by atoms with Crippen LogP contribution in [-0.4, -0.2) is 76.3 Å². The molecule has 48 heavy (non-hydrogen) atoms. The van der Waals surface area contributed by atoms with E-state index < -0.39 is 52.6 Å². The van der Waals surface area contributed by atoms with Gasteiger partial charge in [-0.1, -0.05) is 82.3 Å². The zero-order chi connectivity index (χ0) is 34.6. The minimum absolute atomic E-state index is 0.000706. The maximum absolute atomic E-state index is 14.5. The predicted molar refractivity (Wildman–Crippen MR) is 182 cm³/mol. The highest BCUT2D eigenvalue weighted by atomic mass is 35.5. The van der Waals surface area contributed by atoms with E-state index in [9.17, 15) is 24.0 Å². The third-order valence-electron chi connectivity index (χ3n) is 9.97. The van der Waals surface area contributed by atoms with E-state index in [1.807, 2.05) is 39.8 Å². The molecule has 0 aromatic heterocycles. The lowest BCUT2D eigenvalue weighted by Gasteiger charge is -2.36. The van der Waals surface area contributed by atoms with Crippen LogP contribution in [-0.2, 0) is 28.8 Å². The Kier molecular flexibility index (Phi) is 11.2. The van der Waals surface area contributed by atoms with Crippen molar-refractivity contribution in [3.8, 4) is 0 Å². The van der Waals surface area contributed by atoms with Gasteiger partial charge >= 0.3 is 0 Å². The number of benzene rings is 1. The molecule has 3 fully saturated rings. The van der Waals surface area contributed by atoms with Crippen molar-refractivity contribution in [2.75, 3.05) is 6.54 Å². The molecule has 2 aliphatic heterocycles. The molecule has 1 aromatic rings. The number of nitrogens with zero attached hydrogens (tertiary/aromatic N) is 2. The zero-order valence-corrected chi connectivity index (χ0v) is 29.4. The van der Waals surface area contributed by atoms with Gasteiger partial charge in [-0.05, 0) is 61.1 Å². The number of carbonyl (C=O) groups is 5. The molecular weight excluding hydrogens is 634 g/mol. The first-order valence-electron chi connectivity index (χ1n) is 17.5. The summed E-state index contributed by atoms with van der Waals surface area (Å²) in [5, 5.41) is 13.5. The van der Waals surface area contributed by atoms with Crippen molar-refractivity contribution in [3.63, 3.8) is 0 Å². The summed E-state index contributed by atoms with van der Waals surface area (Å²) >= 11 is 6.10. The first-order chi connectivity index (χ1) is 22.8. The van der Waals surface area contributed by atoms with Gasteiger partial charge in [-0.25, -0.2) is 0 Å². The zero-order valence-electron chi connectivity index (χ0n) is 28.6. The van der Waals surface area contributed by atoms with E-state index >= 15 is 0 Å².